The Morgan fingerprint density at radius 2 is 2.15 bits per heavy atom. The monoisotopic (exact) mass is 178 g/mol. The fourth-order valence-corrected chi connectivity index (χ4v) is 2.52. The van der Waals surface area contributed by atoms with Crippen molar-refractivity contribution in [2.45, 2.75) is 43.8 Å². The molecule has 2 heterocycles. The Kier molecular flexibility index (Phi) is 1.81. The first-order valence-electron chi connectivity index (χ1n) is 4.66. The molecule has 1 saturated carbocycles. The number of hydrogen-bond acceptors (Lipinski definition) is 2. The Morgan fingerprint density at radius 3 is 2.62 bits per heavy atom. The fraction of sp³-hybridized carbons (Fsp3) is 0.700. The number of terminal acetylenes is 1. The highest BCUT2D eigenvalue weighted by atomic mass is 16.1. The standard InChI is InChI=1S/C10H14N2O/c1-3-9(13)12-10(2)5-7-4-8(6-10)11-7/h1,7-8,11H,4-6H2,2H3,(H,12,13). The van der Waals surface area contributed by atoms with Gasteiger partial charge in [0.25, 0.3) is 5.91 Å². The lowest BCUT2D eigenvalue weighted by molar-refractivity contribution is -0.118. The lowest BCUT2D eigenvalue weighted by Crippen LogP contribution is -2.67. The second-order valence-electron chi connectivity index (χ2n) is 4.36. The van der Waals surface area contributed by atoms with Crippen LogP contribution in [0.15, 0.2) is 0 Å². The minimum Gasteiger partial charge on any atom is -0.340 e. The van der Waals surface area contributed by atoms with Crippen molar-refractivity contribution in [3.8, 4) is 12.3 Å². The summed E-state index contributed by atoms with van der Waals surface area (Å²) >= 11 is 0. The van der Waals surface area contributed by atoms with E-state index in [2.05, 4.69) is 23.5 Å². The van der Waals surface area contributed by atoms with E-state index < -0.39 is 0 Å². The minimum absolute atomic E-state index is 0.0811. The van der Waals surface area contributed by atoms with Crippen LogP contribution in [0.1, 0.15) is 26.2 Å². The molecule has 3 rings (SSSR count). The van der Waals surface area contributed by atoms with E-state index in [1.165, 1.54) is 6.42 Å². The number of carbonyl (C=O) groups excluding carboxylic acids is 1. The lowest BCUT2D eigenvalue weighted by Gasteiger charge is -2.51. The van der Waals surface area contributed by atoms with Crippen LogP contribution in [0.2, 0.25) is 0 Å². The summed E-state index contributed by atoms with van der Waals surface area (Å²) < 4.78 is 0. The number of amides is 1. The number of carbonyl (C=O) groups is 1. The van der Waals surface area contributed by atoms with Crippen LogP contribution in [0.4, 0.5) is 0 Å². The maximum atomic E-state index is 11.0. The van der Waals surface area contributed by atoms with Crippen molar-refractivity contribution >= 4 is 5.91 Å². The molecule has 0 aromatic rings. The molecular formula is C10H14N2O. The zero-order valence-electron chi connectivity index (χ0n) is 7.76. The van der Waals surface area contributed by atoms with E-state index in [9.17, 15) is 4.79 Å². The highest BCUT2D eigenvalue weighted by Gasteiger charge is 2.44. The molecule has 3 aliphatic rings. The van der Waals surface area contributed by atoms with Gasteiger partial charge in [0.05, 0.1) is 0 Å². The van der Waals surface area contributed by atoms with Crippen molar-refractivity contribution in [2.24, 2.45) is 0 Å². The van der Waals surface area contributed by atoms with Crippen molar-refractivity contribution in [3.63, 3.8) is 0 Å². The molecule has 2 aliphatic heterocycles. The Labute approximate surface area is 78.3 Å². The molecule has 0 aromatic carbocycles. The van der Waals surface area contributed by atoms with Gasteiger partial charge in [-0.25, -0.2) is 0 Å². The summed E-state index contributed by atoms with van der Waals surface area (Å²) in [4.78, 5) is 11.0. The zero-order chi connectivity index (χ0) is 9.47. The van der Waals surface area contributed by atoms with Gasteiger partial charge in [0.2, 0.25) is 0 Å². The first-order chi connectivity index (χ1) is 6.11. The van der Waals surface area contributed by atoms with Gasteiger partial charge in [0.15, 0.2) is 0 Å². The molecule has 0 aromatic heterocycles. The van der Waals surface area contributed by atoms with Crippen LogP contribution in [0, 0.1) is 12.3 Å². The van der Waals surface area contributed by atoms with E-state index >= 15 is 0 Å². The summed E-state index contributed by atoms with van der Waals surface area (Å²) in [5.41, 5.74) is -0.0811. The first-order valence-corrected chi connectivity index (χ1v) is 4.66. The first kappa shape index (κ1) is 8.58. The van der Waals surface area contributed by atoms with Crippen LogP contribution < -0.4 is 10.6 Å². The van der Waals surface area contributed by atoms with E-state index in [0.29, 0.717) is 12.1 Å². The van der Waals surface area contributed by atoms with Gasteiger partial charge < -0.3 is 10.6 Å². The van der Waals surface area contributed by atoms with Gasteiger partial charge in [0, 0.05) is 17.6 Å². The molecule has 2 unspecified atom stereocenters. The van der Waals surface area contributed by atoms with Crippen molar-refractivity contribution in [1.82, 2.24) is 10.6 Å². The van der Waals surface area contributed by atoms with Gasteiger partial charge in [0.1, 0.15) is 0 Å². The van der Waals surface area contributed by atoms with Crippen LogP contribution >= 0.6 is 0 Å². The Hall–Kier alpha value is -1.01. The molecule has 2 N–H and O–H groups in total. The fourth-order valence-electron chi connectivity index (χ4n) is 2.52. The molecule has 3 nitrogen and oxygen atoms in total. The van der Waals surface area contributed by atoms with Gasteiger partial charge >= 0.3 is 0 Å². The van der Waals surface area contributed by atoms with Gasteiger partial charge in [-0.2, -0.15) is 0 Å². The predicted molar refractivity (Wildman–Crippen MR) is 49.9 cm³/mol. The molecule has 0 spiro atoms. The SMILES string of the molecule is C#CC(=O)NC1(C)CC2CC(C1)N2. The second kappa shape index (κ2) is 2.74. The van der Waals surface area contributed by atoms with Crippen molar-refractivity contribution in [1.29, 1.82) is 0 Å². The molecule has 13 heavy (non-hydrogen) atoms. The van der Waals surface area contributed by atoms with Crippen molar-refractivity contribution in [2.75, 3.05) is 0 Å². The van der Waals surface area contributed by atoms with E-state index in [1.807, 2.05) is 0 Å². The molecule has 1 aliphatic carbocycles. The van der Waals surface area contributed by atoms with E-state index in [0.717, 1.165) is 12.8 Å². The number of rotatable bonds is 1. The van der Waals surface area contributed by atoms with Crippen LogP contribution in [0.5, 0.6) is 0 Å². The number of nitrogens with one attached hydrogen (secondary N) is 2. The van der Waals surface area contributed by atoms with Gasteiger partial charge in [-0.1, -0.05) is 0 Å². The van der Waals surface area contributed by atoms with Gasteiger partial charge in [-0.15, -0.1) is 6.42 Å². The van der Waals surface area contributed by atoms with Gasteiger partial charge in [-0.05, 0) is 32.1 Å². The van der Waals surface area contributed by atoms with Crippen molar-refractivity contribution < 1.29 is 4.79 Å². The molecule has 3 fully saturated rings. The summed E-state index contributed by atoms with van der Waals surface area (Å²) in [6.45, 7) is 2.07. The zero-order valence-corrected chi connectivity index (χ0v) is 7.76. The summed E-state index contributed by atoms with van der Waals surface area (Å²) in [7, 11) is 0. The Morgan fingerprint density at radius 1 is 1.62 bits per heavy atom. The maximum absolute atomic E-state index is 11.0. The lowest BCUT2D eigenvalue weighted by atomic mass is 9.72. The summed E-state index contributed by atoms with van der Waals surface area (Å²) in [5.74, 6) is 1.81. The van der Waals surface area contributed by atoms with E-state index in [4.69, 9.17) is 6.42 Å². The van der Waals surface area contributed by atoms with Crippen molar-refractivity contribution in [3.05, 3.63) is 0 Å². The largest absolute Gasteiger partial charge is 0.340 e. The molecule has 2 bridgehead atoms. The topological polar surface area (TPSA) is 41.1 Å². The van der Waals surface area contributed by atoms with Gasteiger partial charge in [-0.3, -0.25) is 4.79 Å². The molecule has 1 amide bonds. The summed E-state index contributed by atoms with van der Waals surface area (Å²) in [6, 6.07) is 1.17. The second-order valence-corrected chi connectivity index (χ2v) is 4.36. The number of piperidine rings is 1. The molecule has 2 saturated heterocycles. The maximum Gasteiger partial charge on any atom is 0.296 e. The Bertz CT molecular complexity index is 263. The smallest absolute Gasteiger partial charge is 0.296 e. The number of fused-ring (bicyclic) bond motifs is 2. The summed E-state index contributed by atoms with van der Waals surface area (Å²) in [6.07, 6.45) is 8.26. The normalized spacial score (nSPS) is 41.5. The van der Waals surface area contributed by atoms with Crippen LogP contribution in [0.3, 0.4) is 0 Å². The average molecular weight is 178 g/mol. The molecule has 0 radical (unpaired) electrons. The van der Waals surface area contributed by atoms with Crippen LogP contribution in [-0.2, 0) is 4.79 Å². The third-order valence-electron chi connectivity index (χ3n) is 2.98. The quantitative estimate of drug-likeness (QED) is 0.556. The third-order valence-corrected chi connectivity index (χ3v) is 2.98. The molecule has 70 valence electrons. The molecule has 3 heteroatoms. The van der Waals surface area contributed by atoms with E-state index in [-0.39, 0.29) is 11.4 Å². The number of hydrogen-bond donors (Lipinski definition) is 2. The Balaban J connectivity index is 1.97. The highest BCUT2D eigenvalue weighted by molar-refractivity contribution is 5.93. The minimum atomic E-state index is -0.288. The molecule has 2 atom stereocenters. The molecular weight excluding hydrogens is 164 g/mol. The van der Waals surface area contributed by atoms with E-state index in [1.54, 1.807) is 0 Å². The predicted octanol–water partition coefficient (Wildman–Crippen LogP) is 0.0188. The summed E-state index contributed by atoms with van der Waals surface area (Å²) in [5, 5.41) is 6.31. The van der Waals surface area contributed by atoms with Crippen LogP contribution in [0.25, 0.3) is 0 Å². The van der Waals surface area contributed by atoms with Crippen LogP contribution in [-0.4, -0.2) is 23.5 Å². The third kappa shape index (κ3) is 1.54. The average Bonchev–Trinajstić information content (AvgIpc) is 2.01. The highest BCUT2D eigenvalue weighted by Crippen LogP contribution is 2.35.